The Balaban J connectivity index is 1.05. The van der Waals surface area contributed by atoms with E-state index in [4.69, 9.17) is 0 Å². The smallest absolute Gasteiger partial charge is 0.328 e. The van der Waals surface area contributed by atoms with Crippen LogP contribution >= 0.6 is 11.8 Å². The highest BCUT2D eigenvalue weighted by Gasteiger charge is 2.56. The van der Waals surface area contributed by atoms with E-state index in [1.54, 1.807) is 36.2 Å². The van der Waals surface area contributed by atoms with Gasteiger partial charge >= 0.3 is 6.18 Å². The van der Waals surface area contributed by atoms with Gasteiger partial charge < -0.3 is 9.88 Å². The van der Waals surface area contributed by atoms with Gasteiger partial charge in [-0.15, -0.1) is 16.9 Å². The third-order valence-electron chi connectivity index (χ3n) is 7.48. The molecule has 3 heterocycles. The Morgan fingerprint density at radius 2 is 2.00 bits per heavy atom. The van der Waals surface area contributed by atoms with Crippen LogP contribution in [0.4, 0.5) is 13.2 Å². The summed E-state index contributed by atoms with van der Waals surface area (Å²) in [6, 6.07) is 9.30. The summed E-state index contributed by atoms with van der Waals surface area (Å²) in [4.78, 5) is 16.4. The zero-order valence-electron chi connectivity index (χ0n) is 19.5. The molecule has 0 amide bonds. The second-order valence-corrected chi connectivity index (χ2v) is 11.0. The van der Waals surface area contributed by atoms with Crippen molar-refractivity contribution in [2.75, 3.05) is 25.4 Å². The lowest BCUT2D eigenvalue weighted by Crippen LogP contribution is -2.23. The molecule has 0 radical (unpaired) electrons. The van der Waals surface area contributed by atoms with Crippen LogP contribution in [0.25, 0.3) is 0 Å². The average Bonchev–Trinajstić information content (AvgIpc) is 3.33. The lowest BCUT2D eigenvalue weighted by atomic mass is 9.95. The minimum Gasteiger partial charge on any atom is -0.328 e. The monoisotopic (exact) mass is 502 g/mol. The van der Waals surface area contributed by atoms with Crippen molar-refractivity contribution in [3.8, 4) is 0 Å². The maximum atomic E-state index is 13.3. The zero-order chi connectivity index (χ0) is 24.5. The Labute approximate surface area is 206 Å². The Bertz CT molecular complexity index is 1170. The van der Waals surface area contributed by atoms with Gasteiger partial charge in [0.2, 0.25) is 5.56 Å². The van der Waals surface area contributed by atoms with Crippen LogP contribution in [0.1, 0.15) is 48.8 Å². The summed E-state index contributed by atoms with van der Waals surface area (Å²) in [6.45, 7) is 3.06. The predicted molar refractivity (Wildman–Crippen MR) is 134 cm³/mol. The fraction of sp³-hybridized carbons (Fsp3) is 0.500. The van der Waals surface area contributed by atoms with Crippen molar-refractivity contribution >= 4 is 22.5 Å². The minimum absolute atomic E-state index is 0.127. The molecule has 1 saturated heterocycles. The van der Waals surface area contributed by atoms with E-state index in [0.29, 0.717) is 17.9 Å². The first kappa shape index (κ1) is 24.3. The summed E-state index contributed by atoms with van der Waals surface area (Å²) in [5.74, 6) is 1.34. The number of thioether (sulfide) groups is 1. The molecule has 3 aliphatic rings. The Hall–Kier alpha value is -2.39. The molecule has 2 aromatic rings. The standard InChI is InChI=1S/C26H29F3N4OS/c27-26(28,29)21-5-2-1-4-18(21)14-20-15-25(20)10-12-33(17-25)11-3-13-35-24-9-7-22(31-32-24)19-6-8-23(34)30-16-19/h1-2,4-6,8,16,20H,3,7,9-15,17H2,(H,30,34). The number of nitrogens with zero attached hydrogens (tertiary/aromatic N) is 3. The number of alkyl halides is 3. The van der Waals surface area contributed by atoms with Gasteiger partial charge in [-0.2, -0.15) is 18.3 Å². The van der Waals surface area contributed by atoms with Crippen LogP contribution in [0.2, 0.25) is 0 Å². The number of pyridine rings is 1. The van der Waals surface area contributed by atoms with E-state index < -0.39 is 11.7 Å². The molecule has 1 spiro atoms. The molecule has 2 atom stereocenters. The van der Waals surface area contributed by atoms with Crippen LogP contribution in [-0.2, 0) is 12.6 Å². The number of aromatic nitrogens is 1. The molecule has 1 aromatic heterocycles. The van der Waals surface area contributed by atoms with E-state index in [1.807, 2.05) is 0 Å². The minimum atomic E-state index is -4.28. The summed E-state index contributed by atoms with van der Waals surface area (Å²) in [6.07, 6.45) is 2.78. The van der Waals surface area contributed by atoms with Gasteiger partial charge in [-0.3, -0.25) is 4.79 Å². The topological polar surface area (TPSA) is 60.8 Å². The van der Waals surface area contributed by atoms with Gasteiger partial charge in [-0.1, -0.05) is 18.2 Å². The second-order valence-electron chi connectivity index (χ2n) is 9.83. The molecule has 2 fully saturated rings. The molecule has 1 saturated carbocycles. The van der Waals surface area contributed by atoms with Crippen molar-refractivity contribution in [2.45, 2.75) is 44.7 Å². The average molecular weight is 503 g/mol. The van der Waals surface area contributed by atoms with Gasteiger partial charge in [0.05, 0.1) is 16.3 Å². The maximum Gasteiger partial charge on any atom is 0.416 e. The molecule has 186 valence electrons. The lowest BCUT2D eigenvalue weighted by Gasteiger charge is -2.17. The number of nitrogens with one attached hydrogen (secondary N) is 1. The van der Waals surface area contributed by atoms with Crippen molar-refractivity contribution in [3.63, 3.8) is 0 Å². The quantitative estimate of drug-likeness (QED) is 0.518. The first-order chi connectivity index (χ1) is 16.8. The number of likely N-dealkylation sites (tertiary alicyclic amines) is 1. The highest BCUT2D eigenvalue weighted by Crippen LogP contribution is 2.60. The maximum absolute atomic E-state index is 13.3. The number of hydrogen-bond acceptors (Lipinski definition) is 5. The SMILES string of the molecule is O=c1ccc(C2=NN=C(SCCCN3CCC4(CC4Cc4ccccc4C(F)(F)F)C3)CC2)c[nH]1. The van der Waals surface area contributed by atoms with E-state index in [9.17, 15) is 18.0 Å². The number of hydrogen-bond donors (Lipinski definition) is 1. The van der Waals surface area contributed by atoms with Crippen LogP contribution < -0.4 is 5.56 Å². The van der Waals surface area contributed by atoms with Gasteiger partial charge in [0, 0.05) is 36.5 Å². The molecular weight excluding hydrogens is 473 g/mol. The normalized spacial score (nSPS) is 24.5. The van der Waals surface area contributed by atoms with Crippen LogP contribution in [-0.4, -0.2) is 46.0 Å². The molecule has 35 heavy (non-hydrogen) atoms. The number of halogens is 3. The Morgan fingerprint density at radius 1 is 1.14 bits per heavy atom. The zero-order valence-corrected chi connectivity index (χ0v) is 20.3. The molecule has 2 unspecified atom stereocenters. The van der Waals surface area contributed by atoms with Crippen molar-refractivity contribution < 1.29 is 13.2 Å². The van der Waals surface area contributed by atoms with Crippen LogP contribution in [0.15, 0.2) is 57.6 Å². The van der Waals surface area contributed by atoms with Crippen molar-refractivity contribution in [2.24, 2.45) is 21.5 Å². The fourth-order valence-electron chi connectivity index (χ4n) is 5.45. The third-order valence-corrected chi connectivity index (χ3v) is 8.59. The number of rotatable bonds is 7. The van der Waals surface area contributed by atoms with E-state index >= 15 is 0 Å². The van der Waals surface area contributed by atoms with Crippen molar-refractivity contribution in [1.82, 2.24) is 9.88 Å². The molecule has 9 heteroatoms. The fourth-order valence-corrected chi connectivity index (χ4v) is 6.30. The molecule has 1 N–H and O–H groups in total. The lowest BCUT2D eigenvalue weighted by molar-refractivity contribution is -0.138. The van der Waals surface area contributed by atoms with Crippen LogP contribution in [0, 0.1) is 11.3 Å². The van der Waals surface area contributed by atoms with Crippen molar-refractivity contribution in [1.29, 1.82) is 0 Å². The predicted octanol–water partition coefficient (Wildman–Crippen LogP) is 5.37. The second kappa shape index (κ2) is 9.93. The highest BCUT2D eigenvalue weighted by molar-refractivity contribution is 8.13. The van der Waals surface area contributed by atoms with Gasteiger partial charge in [-0.25, -0.2) is 0 Å². The molecule has 5 nitrogen and oxygen atoms in total. The van der Waals surface area contributed by atoms with E-state index in [2.05, 4.69) is 20.1 Å². The molecule has 1 aromatic carbocycles. The van der Waals surface area contributed by atoms with Crippen molar-refractivity contribution in [3.05, 3.63) is 69.6 Å². The largest absolute Gasteiger partial charge is 0.416 e. The van der Waals surface area contributed by atoms with Crippen LogP contribution in [0.5, 0.6) is 0 Å². The highest BCUT2D eigenvalue weighted by atomic mass is 32.2. The van der Waals surface area contributed by atoms with Gasteiger partial charge in [0.1, 0.15) is 0 Å². The summed E-state index contributed by atoms with van der Waals surface area (Å²) >= 11 is 1.75. The first-order valence-corrected chi connectivity index (χ1v) is 13.1. The van der Waals surface area contributed by atoms with Gasteiger partial charge in [0.25, 0.3) is 0 Å². The summed E-state index contributed by atoms with van der Waals surface area (Å²) in [7, 11) is 0. The van der Waals surface area contributed by atoms with E-state index in [-0.39, 0.29) is 11.0 Å². The first-order valence-electron chi connectivity index (χ1n) is 12.2. The van der Waals surface area contributed by atoms with Gasteiger partial charge in [-0.05, 0) is 74.2 Å². The molecular formula is C26H29F3N4OS. The summed E-state index contributed by atoms with van der Waals surface area (Å²) < 4.78 is 40.0. The Morgan fingerprint density at radius 3 is 2.74 bits per heavy atom. The third kappa shape index (κ3) is 5.72. The molecule has 1 aliphatic carbocycles. The number of H-pyrrole nitrogens is 1. The molecule has 0 bridgehead atoms. The summed E-state index contributed by atoms with van der Waals surface area (Å²) in [5, 5.41) is 9.75. The van der Waals surface area contributed by atoms with Crippen LogP contribution in [0.3, 0.4) is 0 Å². The molecule has 5 rings (SSSR count). The number of benzene rings is 1. The number of aromatic amines is 1. The van der Waals surface area contributed by atoms with Gasteiger partial charge in [0.15, 0.2) is 0 Å². The summed E-state index contributed by atoms with van der Waals surface area (Å²) in [5.41, 5.74) is 1.85. The Kier molecular flexibility index (Phi) is 6.90. The van der Waals surface area contributed by atoms with E-state index in [1.165, 1.54) is 18.2 Å². The molecule has 2 aliphatic heterocycles. The van der Waals surface area contributed by atoms with E-state index in [0.717, 1.165) is 73.8 Å².